The van der Waals surface area contributed by atoms with E-state index in [4.69, 9.17) is 0 Å². The minimum absolute atomic E-state index is 0.292. The number of rotatable bonds is 3. The van der Waals surface area contributed by atoms with Gasteiger partial charge in [-0.2, -0.15) is 0 Å². The van der Waals surface area contributed by atoms with Crippen LogP contribution in [0.2, 0.25) is 0 Å². The van der Waals surface area contributed by atoms with Crippen LogP contribution in [0.1, 0.15) is 11.8 Å². The zero-order valence-electron chi connectivity index (χ0n) is 6.79. The van der Waals surface area contributed by atoms with E-state index in [9.17, 15) is 0 Å². The molecule has 0 fully saturated rings. The molecule has 1 aromatic heterocycles. The highest BCUT2D eigenvalue weighted by Crippen LogP contribution is 2.17. The lowest BCUT2D eigenvalue weighted by atomic mass is 10.3. The quantitative estimate of drug-likeness (QED) is 0.701. The fourth-order valence-corrected chi connectivity index (χ4v) is 1.44. The Morgan fingerprint density at radius 3 is 3.00 bits per heavy atom. The maximum absolute atomic E-state index is 4.16. The van der Waals surface area contributed by atoms with Crippen LogP contribution in [0.5, 0.6) is 0 Å². The molecule has 1 N–H and O–H groups in total. The summed E-state index contributed by atoms with van der Waals surface area (Å²) < 4.78 is 0. The number of thiazole rings is 1. The molecule has 60 valence electrons. The maximum Gasteiger partial charge on any atom is 0.183 e. The van der Waals surface area contributed by atoms with Crippen LogP contribution in [0.3, 0.4) is 0 Å². The molecule has 0 saturated heterocycles. The molecule has 0 spiro atoms. The van der Waals surface area contributed by atoms with Crippen molar-refractivity contribution in [1.29, 1.82) is 0 Å². The molecule has 11 heavy (non-hydrogen) atoms. The molecule has 0 aliphatic carbocycles. The number of anilines is 1. The highest BCUT2D eigenvalue weighted by molar-refractivity contribution is 7.15. The lowest BCUT2D eigenvalue weighted by Gasteiger charge is -2.05. The number of nitrogens with one attached hydrogen (secondary N) is 1. The van der Waals surface area contributed by atoms with Crippen molar-refractivity contribution in [2.75, 3.05) is 5.32 Å². The summed E-state index contributed by atoms with van der Waals surface area (Å²) in [6.07, 6.45) is 3.72. The van der Waals surface area contributed by atoms with Crippen LogP contribution in [0.25, 0.3) is 0 Å². The van der Waals surface area contributed by atoms with Gasteiger partial charge in [0.2, 0.25) is 0 Å². The van der Waals surface area contributed by atoms with Crippen LogP contribution >= 0.6 is 11.3 Å². The van der Waals surface area contributed by atoms with Gasteiger partial charge in [-0.05, 0) is 13.8 Å². The summed E-state index contributed by atoms with van der Waals surface area (Å²) in [5.74, 6) is 0. The van der Waals surface area contributed by atoms with Gasteiger partial charge in [0.15, 0.2) is 5.13 Å². The lowest BCUT2D eigenvalue weighted by molar-refractivity contribution is 0.995. The van der Waals surface area contributed by atoms with Crippen molar-refractivity contribution in [2.45, 2.75) is 19.9 Å². The Morgan fingerprint density at radius 1 is 1.82 bits per heavy atom. The van der Waals surface area contributed by atoms with E-state index in [0.717, 1.165) is 5.13 Å². The van der Waals surface area contributed by atoms with Crippen molar-refractivity contribution in [3.05, 3.63) is 23.7 Å². The fourth-order valence-electron chi connectivity index (χ4n) is 0.675. The smallest absolute Gasteiger partial charge is 0.183 e. The number of hydrogen-bond donors (Lipinski definition) is 1. The summed E-state index contributed by atoms with van der Waals surface area (Å²) in [6, 6.07) is 0.292. The molecule has 0 aliphatic rings. The van der Waals surface area contributed by atoms with E-state index < -0.39 is 0 Å². The molecule has 0 radical (unpaired) electrons. The molecule has 0 aromatic carbocycles. The molecule has 0 aliphatic heterocycles. The molecule has 1 aromatic rings. The Hall–Kier alpha value is -0.830. The van der Waals surface area contributed by atoms with Gasteiger partial charge >= 0.3 is 0 Å². The first kappa shape index (κ1) is 8.27. The predicted octanol–water partition coefficient (Wildman–Crippen LogP) is 2.44. The van der Waals surface area contributed by atoms with E-state index in [2.05, 4.69) is 16.9 Å². The second-order valence-corrected chi connectivity index (χ2v) is 3.68. The van der Waals surface area contributed by atoms with Crippen LogP contribution in [0.4, 0.5) is 5.13 Å². The van der Waals surface area contributed by atoms with Crippen LogP contribution in [0.15, 0.2) is 18.9 Å². The van der Waals surface area contributed by atoms with Crippen LogP contribution in [-0.2, 0) is 0 Å². The standard InChI is InChI=1S/C8H12N2S/c1-4-6(2)10-8-9-5-7(3)11-8/h4-6H,1H2,2-3H3,(H,9,10). The van der Waals surface area contributed by atoms with Gasteiger partial charge in [0.1, 0.15) is 0 Å². The van der Waals surface area contributed by atoms with Crippen molar-refractivity contribution in [2.24, 2.45) is 0 Å². The number of aromatic nitrogens is 1. The molecule has 0 amide bonds. The molecule has 0 saturated carbocycles. The summed E-state index contributed by atoms with van der Waals surface area (Å²) in [5.41, 5.74) is 0. The molecule has 1 heterocycles. The minimum Gasteiger partial charge on any atom is -0.356 e. The average molecular weight is 168 g/mol. The summed E-state index contributed by atoms with van der Waals surface area (Å²) in [5, 5.41) is 4.17. The van der Waals surface area contributed by atoms with Crippen molar-refractivity contribution in [3.8, 4) is 0 Å². The maximum atomic E-state index is 4.16. The predicted molar refractivity (Wildman–Crippen MR) is 50.1 cm³/mol. The molecule has 0 bridgehead atoms. The molecular formula is C8H12N2S. The third kappa shape index (κ3) is 2.35. The van der Waals surface area contributed by atoms with Gasteiger partial charge < -0.3 is 5.32 Å². The summed E-state index contributed by atoms with van der Waals surface area (Å²) in [7, 11) is 0. The van der Waals surface area contributed by atoms with Gasteiger partial charge in [0.25, 0.3) is 0 Å². The van der Waals surface area contributed by atoms with Crippen LogP contribution < -0.4 is 5.32 Å². The SMILES string of the molecule is C=CC(C)Nc1ncc(C)s1. The highest BCUT2D eigenvalue weighted by atomic mass is 32.1. The topological polar surface area (TPSA) is 24.9 Å². The third-order valence-corrected chi connectivity index (χ3v) is 2.17. The van der Waals surface area contributed by atoms with E-state index in [1.807, 2.05) is 26.1 Å². The van der Waals surface area contributed by atoms with Gasteiger partial charge in [0.05, 0.1) is 0 Å². The van der Waals surface area contributed by atoms with Crippen LogP contribution in [-0.4, -0.2) is 11.0 Å². The summed E-state index contributed by atoms with van der Waals surface area (Å²) in [4.78, 5) is 5.39. The second-order valence-electron chi connectivity index (χ2n) is 2.44. The zero-order chi connectivity index (χ0) is 8.27. The first-order chi connectivity index (χ1) is 5.22. The summed E-state index contributed by atoms with van der Waals surface area (Å²) in [6.45, 7) is 7.77. The number of aryl methyl sites for hydroxylation is 1. The van der Waals surface area contributed by atoms with Crippen molar-refractivity contribution in [3.63, 3.8) is 0 Å². The molecule has 1 rings (SSSR count). The van der Waals surface area contributed by atoms with E-state index in [-0.39, 0.29) is 0 Å². The molecule has 1 unspecified atom stereocenters. The first-order valence-electron chi connectivity index (χ1n) is 3.54. The average Bonchev–Trinajstić information content (AvgIpc) is 2.35. The van der Waals surface area contributed by atoms with E-state index in [1.165, 1.54) is 4.88 Å². The Balaban J connectivity index is 2.57. The third-order valence-electron chi connectivity index (χ3n) is 1.33. The van der Waals surface area contributed by atoms with Gasteiger partial charge in [-0.3, -0.25) is 0 Å². The van der Waals surface area contributed by atoms with Crippen molar-refractivity contribution >= 4 is 16.5 Å². The van der Waals surface area contributed by atoms with E-state index >= 15 is 0 Å². The number of nitrogens with zero attached hydrogens (tertiary/aromatic N) is 1. The molecule has 2 nitrogen and oxygen atoms in total. The lowest BCUT2D eigenvalue weighted by Crippen LogP contribution is -2.10. The largest absolute Gasteiger partial charge is 0.356 e. The second kappa shape index (κ2) is 3.53. The fraction of sp³-hybridized carbons (Fsp3) is 0.375. The van der Waals surface area contributed by atoms with Gasteiger partial charge in [-0.25, -0.2) is 4.98 Å². The first-order valence-corrected chi connectivity index (χ1v) is 4.35. The molecule has 3 heteroatoms. The van der Waals surface area contributed by atoms with Gasteiger partial charge in [-0.15, -0.1) is 17.9 Å². The van der Waals surface area contributed by atoms with E-state index in [1.54, 1.807) is 11.3 Å². The van der Waals surface area contributed by atoms with E-state index in [0.29, 0.717) is 6.04 Å². The Bertz CT molecular complexity index is 242. The van der Waals surface area contributed by atoms with Gasteiger partial charge in [-0.1, -0.05) is 6.08 Å². The molecule has 1 atom stereocenters. The van der Waals surface area contributed by atoms with Crippen molar-refractivity contribution < 1.29 is 0 Å². The normalized spacial score (nSPS) is 12.5. The van der Waals surface area contributed by atoms with Gasteiger partial charge in [0, 0.05) is 17.1 Å². The Kier molecular flexibility index (Phi) is 2.65. The van der Waals surface area contributed by atoms with Crippen LogP contribution in [0, 0.1) is 6.92 Å². The monoisotopic (exact) mass is 168 g/mol. The molecular weight excluding hydrogens is 156 g/mol. The number of hydrogen-bond acceptors (Lipinski definition) is 3. The summed E-state index contributed by atoms with van der Waals surface area (Å²) >= 11 is 1.66. The zero-order valence-corrected chi connectivity index (χ0v) is 7.61. The minimum atomic E-state index is 0.292. The highest BCUT2D eigenvalue weighted by Gasteiger charge is 1.99. The van der Waals surface area contributed by atoms with Crippen molar-refractivity contribution in [1.82, 2.24) is 4.98 Å². The Labute approximate surface area is 71.0 Å². The Morgan fingerprint density at radius 2 is 2.55 bits per heavy atom.